The van der Waals surface area contributed by atoms with Gasteiger partial charge < -0.3 is 9.15 Å². The smallest absolute Gasteiger partial charge is 0.343 e. The molecule has 4 rings (SSSR count). The molecule has 2 heterocycles. The first kappa shape index (κ1) is 14.2. The van der Waals surface area contributed by atoms with Gasteiger partial charge >= 0.3 is 11.6 Å². The van der Waals surface area contributed by atoms with Gasteiger partial charge in [-0.25, -0.2) is 4.79 Å². The lowest BCUT2D eigenvalue weighted by Crippen LogP contribution is -2.26. The van der Waals surface area contributed by atoms with Gasteiger partial charge in [-0.15, -0.1) is 0 Å². The maximum Gasteiger partial charge on any atom is 0.343 e. The van der Waals surface area contributed by atoms with Gasteiger partial charge in [-0.05, 0) is 29.8 Å². The van der Waals surface area contributed by atoms with E-state index in [1.807, 2.05) is 30.3 Å². The second kappa shape index (κ2) is 5.35. The van der Waals surface area contributed by atoms with Crippen LogP contribution in [-0.4, -0.2) is 5.97 Å². The Labute approximate surface area is 139 Å². The average molecular weight is 371 g/mol. The van der Waals surface area contributed by atoms with E-state index in [1.165, 1.54) is 0 Å². The van der Waals surface area contributed by atoms with Gasteiger partial charge in [0, 0.05) is 10.4 Å². The SMILES string of the molecule is O=C1CC(c2cccc(Br)c2)c2c(c3ccccc3oc2=O)O1. The highest BCUT2D eigenvalue weighted by molar-refractivity contribution is 9.10. The topological polar surface area (TPSA) is 56.5 Å². The molecule has 5 heteroatoms. The molecule has 0 spiro atoms. The average Bonchev–Trinajstić information content (AvgIpc) is 2.54. The number of ether oxygens (including phenoxy) is 1. The molecule has 0 amide bonds. The number of para-hydroxylation sites is 1. The van der Waals surface area contributed by atoms with Crippen molar-refractivity contribution in [2.75, 3.05) is 0 Å². The summed E-state index contributed by atoms with van der Waals surface area (Å²) in [4.78, 5) is 24.6. The largest absolute Gasteiger partial charge is 0.425 e. The van der Waals surface area contributed by atoms with E-state index in [4.69, 9.17) is 9.15 Å². The van der Waals surface area contributed by atoms with Crippen LogP contribution in [-0.2, 0) is 4.79 Å². The monoisotopic (exact) mass is 370 g/mol. The first-order valence-corrected chi connectivity index (χ1v) is 7.94. The molecule has 0 fully saturated rings. The number of carbonyl (C=O) groups is 1. The summed E-state index contributed by atoms with van der Waals surface area (Å²) < 4.78 is 11.7. The molecule has 1 unspecified atom stereocenters. The van der Waals surface area contributed by atoms with Gasteiger partial charge in [0.1, 0.15) is 5.58 Å². The van der Waals surface area contributed by atoms with Crippen molar-refractivity contribution in [2.45, 2.75) is 12.3 Å². The molecule has 0 saturated heterocycles. The van der Waals surface area contributed by atoms with Crippen LogP contribution in [0.5, 0.6) is 5.75 Å². The number of hydrogen-bond acceptors (Lipinski definition) is 4. The van der Waals surface area contributed by atoms with Crippen molar-refractivity contribution in [1.82, 2.24) is 0 Å². The maximum absolute atomic E-state index is 12.5. The molecule has 0 N–H and O–H groups in total. The van der Waals surface area contributed by atoms with Crippen LogP contribution in [0.1, 0.15) is 23.5 Å². The van der Waals surface area contributed by atoms with E-state index >= 15 is 0 Å². The zero-order valence-corrected chi connectivity index (χ0v) is 13.5. The van der Waals surface area contributed by atoms with Gasteiger partial charge in [0.2, 0.25) is 0 Å². The molecule has 0 bridgehead atoms. The van der Waals surface area contributed by atoms with E-state index < -0.39 is 5.63 Å². The van der Waals surface area contributed by atoms with Crippen molar-refractivity contribution in [2.24, 2.45) is 0 Å². The van der Waals surface area contributed by atoms with Crippen molar-refractivity contribution < 1.29 is 13.9 Å². The highest BCUT2D eigenvalue weighted by atomic mass is 79.9. The number of benzene rings is 2. The van der Waals surface area contributed by atoms with Crippen LogP contribution in [0.3, 0.4) is 0 Å². The minimum absolute atomic E-state index is 0.118. The molecule has 1 aliphatic heterocycles. The van der Waals surface area contributed by atoms with E-state index in [0.29, 0.717) is 22.3 Å². The molecule has 2 aromatic carbocycles. The molecule has 23 heavy (non-hydrogen) atoms. The quantitative estimate of drug-likeness (QED) is 0.479. The first-order valence-electron chi connectivity index (χ1n) is 7.15. The third kappa shape index (κ3) is 2.37. The number of carbonyl (C=O) groups excluding carboxylic acids is 1. The Bertz CT molecular complexity index is 990. The second-order valence-electron chi connectivity index (χ2n) is 5.41. The zero-order chi connectivity index (χ0) is 16.0. The predicted octanol–water partition coefficient (Wildman–Crippen LogP) is 4.00. The lowest BCUT2D eigenvalue weighted by atomic mass is 9.87. The summed E-state index contributed by atoms with van der Waals surface area (Å²) in [6.45, 7) is 0. The Hall–Kier alpha value is -2.40. The Balaban J connectivity index is 2.02. The zero-order valence-electron chi connectivity index (χ0n) is 11.9. The first-order chi connectivity index (χ1) is 11.1. The molecule has 0 aliphatic carbocycles. The van der Waals surface area contributed by atoms with Gasteiger partial charge in [0.15, 0.2) is 5.75 Å². The highest BCUT2D eigenvalue weighted by Crippen LogP contribution is 2.40. The fourth-order valence-corrected chi connectivity index (χ4v) is 3.40. The molecule has 1 atom stereocenters. The van der Waals surface area contributed by atoms with Crippen LogP contribution in [0.2, 0.25) is 0 Å². The van der Waals surface area contributed by atoms with E-state index in [0.717, 1.165) is 10.0 Å². The predicted molar refractivity (Wildman–Crippen MR) is 88.7 cm³/mol. The third-order valence-electron chi connectivity index (χ3n) is 3.99. The summed E-state index contributed by atoms with van der Waals surface area (Å²) in [7, 11) is 0. The van der Waals surface area contributed by atoms with E-state index in [2.05, 4.69) is 15.9 Å². The Kier molecular flexibility index (Phi) is 3.31. The minimum Gasteiger partial charge on any atom is -0.425 e. The van der Waals surface area contributed by atoms with Crippen molar-refractivity contribution in [1.29, 1.82) is 0 Å². The Morgan fingerprint density at radius 3 is 2.70 bits per heavy atom. The fourth-order valence-electron chi connectivity index (χ4n) is 2.98. The van der Waals surface area contributed by atoms with E-state index in [9.17, 15) is 9.59 Å². The number of rotatable bonds is 1. The molecule has 1 aromatic heterocycles. The summed E-state index contributed by atoms with van der Waals surface area (Å²) in [5.74, 6) is -0.402. The van der Waals surface area contributed by atoms with Crippen LogP contribution in [0, 0.1) is 0 Å². The third-order valence-corrected chi connectivity index (χ3v) is 4.48. The summed E-state index contributed by atoms with van der Waals surface area (Å²) in [6, 6.07) is 14.6. The molecule has 4 nitrogen and oxygen atoms in total. The molecule has 1 aliphatic rings. The van der Waals surface area contributed by atoms with Gasteiger partial charge in [-0.1, -0.05) is 40.2 Å². The number of fused-ring (bicyclic) bond motifs is 3. The molecule has 114 valence electrons. The van der Waals surface area contributed by atoms with Gasteiger partial charge in [-0.2, -0.15) is 0 Å². The molecule has 0 radical (unpaired) electrons. The number of halogens is 1. The molecule has 3 aromatic rings. The summed E-state index contributed by atoms with van der Waals surface area (Å²) in [5, 5.41) is 0.634. The van der Waals surface area contributed by atoms with Gasteiger partial charge in [-0.3, -0.25) is 4.79 Å². The van der Waals surface area contributed by atoms with Crippen molar-refractivity contribution >= 4 is 32.9 Å². The van der Waals surface area contributed by atoms with Crippen LogP contribution < -0.4 is 10.4 Å². The Morgan fingerprint density at radius 1 is 1.04 bits per heavy atom. The lowest BCUT2D eigenvalue weighted by Gasteiger charge is -2.24. The number of esters is 1. The molecular weight excluding hydrogens is 360 g/mol. The molecular formula is C18H11BrO4. The standard InChI is InChI=1S/C18H11BrO4/c19-11-5-3-4-10(8-11)13-9-15(20)23-17-12-6-1-2-7-14(12)22-18(21)16(13)17/h1-8,13H,9H2. The minimum atomic E-state index is -0.462. The highest BCUT2D eigenvalue weighted by Gasteiger charge is 2.33. The lowest BCUT2D eigenvalue weighted by molar-refractivity contribution is -0.135. The van der Waals surface area contributed by atoms with Crippen molar-refractivity contribution in [3.8, 4) is 5.75 Å². The van der Waals surface area contributed by atoms with Crippen LogP contribution in [0.25, 0.3) is 11.0 Å². The van der Waals surface area contributed by atoms with Gasteiger partial charge in [0.05, 0.1) is 17.4 Å². The number of hydrogen-bond donors (Lipinski definition) is 0. The van der Waals surface area contributed by atoms with E-state index in [-0.39, 0.29) is 18.3 Å². The normalized spacial score (nSPS) is 16.9. The van der Waals surface area contributed by atoms with Gasteiger partial charge in [0.25, 0.3) is 0 Å². The molecule has 0 saturated carbocycles. The Morgan fingerprint density at radius 2 is 1.87 bits per heavy atom. The van der Waals surface area contributed by atoms with E-state index in [1.54, 1.807) is 18.2 Å². The van der Waals surface area contributed by atoms with Crippen molar-refractivity contribution in [3.05, 3.63) is 74.6 Å². The van der Waals surface area contributed by atoms with Crippen LogP contribution >= 0.6 is 15.9 Å². The maximum atomic E-state index is 12.5. The van der Waals surface area contributed by atoms with Crippen molar-refractivity contribution in [3.63, 3.8) is 0 Å². The summed E-state index contributed by atoms with van der Waals surface area (Å²) in [6.07, 6.45) is 0.118. The summed E-state index contributed by atoms with van der Waals surface area (Å²) in [5.41, 5.74) is 1.23. The van der Waals surface area contributed by atoms with Crippen LogP contribution in [0.4, 0.5) is 0 Å². The van der Waals surface area contributed by atoms with Crippen LogP contribution in [0.15, 0.2) is 62.2 Å². The second-order valence-corrected chi connectivity index (χ2v) is 6.33. The fraction of sp³-hybridized carbons (Fsp3) is 0.111. The summed E-state index contributed by atoms with van der Waals surface area (Å²) >= 11 is 3.42.